The third-order valence-corrected chi connectivity index (χ3v) is 3.84. The molecule has 0 aliphatic heterocycles. The van der Waals surface area contributed by atoms with Crippen LogP contribution in [0.1, 0.15) is 17.0 Å². The fourth-order valence-electron chi connectivity index (χ4n) is 1.34. The third kappa shape index (κ3) is 3.04. The van der Waals surface area contributed by atoms with Crippen LogP contribution >= 0.6 is 27.7 Å². The molecule has 0 bridgehead atoms. The summed E-state index contributed by atoms with van der Waals surface area (Å²) in [6.45, 7) is 3.86. The molecule has 17 heavy (non-hydrogen) atoms. The van der Waals surface area contributed by atoms with E-state index < -0.39 is 0 Å². The van der Waals surface area contributed by atoms with Gasteiger partial charge in [-0.3, -0.25) is 0 Å². The van der Waals surface area contributed by atoms with Crippen molar-refractivity contribution in [3.05, 3.63) is 39.7 Å². The lowest BCUT2D eigenvalue weighted by atomic mass is 10.2. The SMILES string of the molecule is Cc1nc(SCc2ccc(Br)cc2N)oc1C. The number of benzene rings is 1. The number of thioether (sulfide) groups is 1. The van der Waals surface area contributed by atoms with Crippen molar-refractivity contribution in [1.82, 2.24) is 4.98 Å². The molecular formula is C12H13BrN2OS. The van der Waals surface area contributed by atoms with Crippen molar-refractivity contribution in [2.45, 2.75) is 24.8 Å². The van der Waals surface area contributed by atoms with Gasteiger partial charge < -0.3 is 10.2 Å². The summed E-state index contributed by atoms with van der Waals surface area (Å²) in [6, 6.07) is 5.90. The first-order valence-corrected chi connectivity index (χ1v) is 6.95. The van der Waals surface area contributed by atoms with Gasteiger partial charge in [0.2, 0.25) is 0 Å². The van der Waals surface area contributed by atoms with Gasteiger partial charge in [-0.1, -0.05) is 33.8 Å². The Balaban J connectivity index is 2.07. The molecule has 0 unspecified atom stereocenters. The smallest absolute Gasteiger partial charge is 0.256 e. The zero-order valence-electron chi connectivity index (χ0n) is 9.66. The molecule has 3 nitrogen and oxygen atoms in total. The number of aromatic nitrogens is 1. The first-order valence-electron chi connectivity index (χ1n) is 5.17. The van der Waals surface area contributed by atoms with Gasteiger partial charge in [-0.2, -0.15) is 0 Å². The highest BCUT2D eigenvalue weighted by molar-refractivity contribution is 9.10. The van der Waals surface area contributed by atoms with Crippen molar-refractivity contribution in [2.24, 2.45) is 0 Å². The molecule has 0 amide bonds. The molecule has 0 atom stereocenters. The Bertz CT molecular complexity index is 520. The van der Waals surface area contributed by atoms with Crippen molar-refractivity contribution < 1.29 is 4.42 Å². The molecular weight excluding hydrogens is 300 g/mol. The Morgan fingerprint density at radius 1 is 1.41 bits per heavy atom. The molecule has 2 rings (SSSR count). The molecule has 0 fully saturated rings. The molecule has 1 aromatic heterocycles. The van der Waals surface area contributed by atoms with Gasteiger partial charge in [0.15, 0.2) is 0 Å². The Morgan fingerprint density at radius 2 is 2.18 bits per heavy atom. The average Bonchev–Trinajstić information content (AvgIpc) is 2.57. The van der Waals surface area contributed by atoms with Crippen molar-refractivity contribution >= 4 is 33.4 Å². The molecule has 0 aliphatic rings. The van der Waals surface area contributed by atoms with Gasteiger partial charge in [0.25, 0.3) is 5.22 Å². The monoisotopic (exact) mass is 312 g/mol. The van der Waals surface area contributed by atoms with Gasteiger partial charge in [0.05, 0.1) is 5.69 Å². The van der Waals surface area contributed by atoms with Crippen LogP contribution in [0.3, 0.4) is 0 Å². The second-order valence-corrected chi connectivity index (χ2v) is 5.60. The Hall–Kier alpha value is -0.940. The van der Waals surface area contributed by atoms with E-state index >= 15 is 0 Å². The molecule has 0 saturated carbocycles. The number of nitrogens with zero attached hydrogens (tertiary/aromatic N) is 1. The fraction of sp³-hybridized carbons (Fsp3) is 0.250. The lowest BCUT2D eigenvalue weighted by Crippen LogP contribution is -1.92. The fourth-order valence-corrected chi connectivity index (χ4v) is 2.65. The zero-order valence-corrected chi connectivity index (χ0v) is 12.1. The van der Waals surface area contributed by atoms with Gasteiger partial charge in [0.1, 0.15) is 5.76 Å². The van der Waals surface area contributed by atoms with Crippen LogP contribution in [0.5, 0.6) is 0 Å². The average molecular weight is 313 g/mol. The highest BCUT2D eigenvalue weighted by atomic mass is 79.9. The number of nitrogen functional groups attached to an aromatic ring is 1. The van der Waals surface area contributed by atoms with Crippen LogP contribution in [-0.4, -0.2) is 4.98 Å². The minimum atomic E-state index is 0.697. The van der Waals surface area contributed by atoms with E-state index in [0.29, 0.717) is 5.22 Å². The Labute approximate surface area is 113 Å². The van der Waals surface area contributed by atoms with Crippen LogP contribution in [-0.2, 0) is 5.75 Å². The Kier molecular flexibility index (Phi) is 3.79. The molecule has 1 aromatic carbocycles. The molecule has 0 radical (unpaired) electrons. The van der Waals surface area contributed by atoms with Crippen LogP contribution in [0.15, 0.2) is 32.3 Å². The van der Waals surface area contributed by atoms with Gasteiger partial charge in [-0.25, -0.2) is 4.98 Å². The van der Waals surface area contributed by atoms with Crippen LogP contribution < -0.4 is 5.73 Å². The van der Waals surface area contributed by atoms with E-state index in [-0.39, 0.29) is 0 Å². The summed E-state index contributed by atoms with van der Waals surface area (Å²) in [5.74, 6) is 1.63. The molecule has 0 aliphatic carbocycles. The van der Waals surface area contributed by atoms with Crippen molar-refractivity contribution in [1.29, 1.82) is 0 Å². The van der Waals surface area contributed by atoms with Crippen LogP contribution in [0.25, 0.3) is 0 Å². The first kappa shape index (κ1) is 12.5. The maximum absolute atomic E-state index is 5.93. The summed E-state index contributed by atoms with van der Waals surface area (Å²) >= 11 is 4.94. The van der Waals surface area contributed by atoms with Gasteiger partial charge >= 0.3 is 0 Å². The number of halogens is 1. The summed E-state index contributed by atoms with van der Waals surface area (Å²) in [7, 11) is 0. The van der Waals surface area contributed by atoms with E-state index in [1.165, 1.54) is 0 Å². The summed E-state index contributed by atoms with van der Waals surface area (Å²) in [5, 5.41) is 0.697. The summed E-state index contributed by atoms with van der Waals surface area (Å²) in [5.41, 5.74) is 8.74. The summed E-state index contributed by atoms with van der Waals surface area (Å²) in [4.78, 5) is 4.32. The first-order chi connectivity index (χ1) is 8.06. The number of rotatable bonds is 3. The third-order valence-electron chi connectivity index (χ3n) is 2.47. The van der Waals surface area contributed by atoms with Crippen LogP contribution in [0.4, 0.5) is 5.69 Å². The van der Waals surface area contributed by atoms with E-state index in [1.807, 2.05) is 32.0 Å². The number of oxazole rings is 1. The summed E-state index contributed by atoms with van der Waals surface area (Å²) < 4.78 is 6.49. The number of anilines is 1. The van der Waals surface area contributed by atoms with Gasteiger partial charge in [0, 0.05) is 15.9 Å². The largest absolute Gasteiger partial charge is 0.437 e. The van der Waals surface area contributed by atoms with E-state index in [0.717, 1.165) is 32.9 Å². The minimum Gasteiger partial charge on any atom is -0.437 e. The topological polar surface area (TPSA) is 52.0 Å². The normalized spacial score (nSPS) is 10.8. The molecule has 1 heterocycles. The molecule has 2 N–H and O–H groups in total. The van der Waals surface area contributed by atoms with Crippen molar-refractivity contribution in [3.63, 3.8) is 0 Å². The van der Waals surface area contributed by atoms with Crippen molar-refractivity contribution in [3.8, 4) is 0 Å². The van der Waals surface area contributed by atoms with Gasteiger partial charge in [-0.15, -0.1) is 0 Å². The van der Waals surface area contributed by atoms with Crippen molar-refractivity contribution in [2.75, 3.05) is 5.73 Å². The Morgan fingerprint density at radius 3 is 2.76 bits per heavy atom. The predicted molar refractivity (Wildman–Crippen MR) is 74.1 cm³/mol. The highest BCUT2D eigenvalue weighted by Crippen LogP contribution is 2.27. The molecule has 0 saturated heterocycles. The lowest BCUT2D eigenvalue weighted by molar-refractivity contribution is 0.431. The standard InChI is InChI=1S/C12H13BrN2OS/c1-7-8(2)16-12(15-7)17-6-9-3-4-10(13)5-11(9)14/h3-5H,6,14H2,1-2H3. The number of hydrogen-bond donors (Lipinski definition) is 1. The second-order valence-electron chi connectivity index (χ2n) is 3.75. The molecule has 2 aromatic rings. The van der Waals surface area contributed by atoms with E-state index in [1.54, 1.807) is 11.8 Å². The molecule has 5 heteroatoms. The lowest BCUT2D eigenvalue weighted by Gasteiger charge is -2.03. The van der Waals surface area contributed by atoms with Gasteiger partial charge in [-0.05, 0) is 31.5 Å². The number of nitrogens with two attached hydrogens (primary N) is 1. The van der Waals surface area contributed by atoms with E-state index in [4.69, 9.17) is 10.2 Å². The zero-order chi connectivity index (χ0) is 12.4. The number of hydrogen-bond acceptors (Lipinski definition) is 4. The quantitative estimate of drug-likeness (QED) is 0.689. The molecule has 90 valence electrons. The van der Waals surface area contributed by atoms with E-state index in [2.05, 4.69) is 20.9 Å². The highest BCUT2D eigenvalue weighted by Gasteiger charge is 2.07. The maximum atomic E-state index is 5.93. The van der Waals surface area contributed by atoms with Crippen LogP contribution in [0.2, 0.25) is 0 Å². The summed E-state index contributed by atoms with van der Waals surface area (Å²) in [6.07, 6.45) is 0. The predicted octanol–water partition coefficient (Wildman–Crippen LogP) is 3.93. The minimum absolute atomic E-state index is 0.697. The van der Waals surface area contributed by atoms with E-state index in [9.17, 15) is 0 Å². The number of aryl methyl sites for hydroxylation is 2. The second kappa shape index (κ2) is 5.14. The maximum Gasteiger partial charge on any atom is 0.256 e. The molecule has 0 spiro atoms. The van der Waals surface area contributed by atoms with Crippen LogP contribution in [0, 0.1) is 13.8 Å².